The summed E-state index contributed by atoms with van der Waals surface area (Å²) >= 11 is 0. The van der Waals surface area contributed by atoms with Crippen LogP contribution >= 0.6 is 0 Å². The van der Waals surface area contributed by atoms with Crippen LogP contribution < -0.4 is 5.73 Å². The summed E-state index contributed by atoms with van der Waals surface area (Å²) < 4.78 is 0. The summed E-state index contributed by atoms with van der Waals surface area (Å²) in [7, 11) is 1.82. The van der Waals surface area contributed by atoms with Gasteiger partial charge in [0.25, 0.3) is 5.91 Å². The van der Waals surface area contributed by atoms with Crippen LogP contribution in [0.4, 0.5) is 0 Å². The fourth-order valence-electron chi connectivity index (χ4n) is 3.15. The molecular weight excluding hydrogens is 252 g/mol. The maximum Gasteiger partial charge on any atom is 0.257 e. The first-order chi connectivity index (χ1) is 9.56. The molecule has 20 heavy (non-hydrogen) atoms. The van der Waals surface area contributed by atoms with Crippen molar-refractivity contribution in [2.45, 2.75) is 38.6 Å². The quantitative estimate of drug-likeness (QED) is 0.890. The Morgan fingerprint density at radius 2 is 2.10 bits per heavy atom. The molecule has 1 aromatic rings. The highest BCUT2D eigenvalue weighted by molar-refractivity contribution is 5.97. The van der Waals surface area contributed by atoms with Crippen molar-refractivity contribution < 1.29 is 9.90 Å². The molecule has 2 unspecified atom stereocenters. The molecule has 1 aliphatic rings. The van der Waals surface area contributed by atoms with Gasteiger partial charge in [0.1, 0.15) is 5.75 Å². The number of hydrogen-bond acceptors (Lipinski definition) is 3. The molecule has 1 fully saturated rings. The molecule has 1 aliphatic carbocycles. The average molecular weight is 276 g/mol. The van der Waals surface area contributed by atoms with Gasteiger partial charge in [-0.15, -0.1) is 0 Å². The van der Waals surface area contributed by atoms with Crippen molar-refractivity contribution in [1.82, 2.24) is 4.90 Å². The number of nitrogens with zero attached hydrogens (tertiary/aromatic N) is 1. The number of phenols is 1. The van der Waals surface area contributed by atoms with Gasteiger partial charge in [0.05, 0.1) is 5.56 Å². The van der Waals surface area contributed by atoms with Crippen molar-refractivity contribution >= 4 is 5.91 Å². The molecule has 1 saturated carbocycles. The largest absolute Gasteiger partial charge is 0.507 e. The maximum atomic E-state index is 12.6. The molecule has 0 radical (unpaired) electrons. The smallest absolute Gasteiger partial charge is 0.257 e. The number of phenolic OH excluding ortho intramolecular Hbond substituents is 1. The molecule has 0 aliphatic heterocycles. The van der Waals surface area contributed by atoms with E-state index < -0.39 is 0 Å². The fourth-order valence-corrected chi connectivity index (χ4v) is 3.15. The molecule has 0 heterocycles. The molecule has 0 spiro atoms. The van der Waals surface area contributed by atoms with E-state index in [1.165, 1.54) is 6.42 Å². The number of carbonyl (C=O) groups excluding carboxylic acids is 1. The second-order valence-corrected chi connectivity index (χ2v) is 5.73. The van der Waals surface area contributed by atoms with E-state index in [1.807, 2.05) is 7.05 Å². The van der Waals surface area contributed by atoms with Gasteiger partial charge in [-0.3, -0.25) is 4.79 Å². The number of nitrogens with two attached hydrogens (primary N) is 1. The van der Waals surface area contributed by atoms with E-state index >= 15 is 0 Å². The van der Waals surface area contributed by atoms with Crippen molar-refractivity contribution in [1.29, 1.82) is 0 Å². The minimum Gasteiger partial charge on any atom is -0.507 e. The third-order valence-corrected chi connectivity index (χ3v) is 4.46. The van der Waals surface area contributed by atoms with Gasteiger partial charge in [0.2, 0.25) is 0 Å². The number of carbonyl (C=O) groups is 1. The van der Waals surface area contributed by atoms with Gasteiger partial charge in [-0.1, -0.05) is 25.0 Å². The summed E-state index contributed by atoms with van der Waals surface area (Å²) in [5.74, 6) is 0.339. The molecule has 110 valence electrons. The molecule has 1 amide bonds. The Balaban J connectivity index is 2.21. The fraction of sp³-hybridized carbons (Fsp3) is 0.562. The standard InChI is InChI=1S/C16H24N2O2/c1-11-6-5-8-13(15(11)19)16(20)18(2)14-9-4-3-7-12(14)10-17/h5-6,8,12,14,19H,3-4,7,9-10,17H2,1-2H3. The third-order valence-electron chi connectivity index (χ3n) is 4.46. The predicted octanol–water partition coefficient (Wildman–Crippen LogP) is 2.29. The van der Waals surface area contributed by atoms with Crippen LogP contribution in [0, 0.1) is 12.8 Å². The van der Waals surface area contributed by atoms with E-state index in [9.17, 15) is 9.90 Å². The number of aromatic hydroxyl groups is 1. The monoisotopic (exact) mass is 276 g/mol. The Kier molecular flexibility index (Phi) is 4.65. The lowest BCUT2D eigenvalue weighted by molar-refractivity contribution is 0.0617. The second kappa shape index (κ2) is 6.27. The first-order valence-corrected chi connectivity index (χ1v) is 7.32. The summed E-state index contributed by atoms with van der Waals surface area (Å²) in [6.07, 6.45) is 4.41. The number of aryl methyl sites for hydroxylation is 1. The van der Waals surface area contributed by atoms with Gasteiger partial charge in [0.15, 0.2) is 0 Å². The van der Waals surface area contributed by atoms with Crippen LogP contribution in [-0.2, 0) is 0 Å². The Bertz CT molecular complexity index is 487. The molecule has 4 heteroatoms. The number of rotatable bonds is 3. The zero-order valence-corrected chi connectivity index (χ0v) is 12.3. The second-order valence-electron chi connectivity index (χ2n) is 5.73. The van der Waals surface area contributed by atoms with Crippen LogP contribution in [-0.4, -0.2) is 35.5 Å². The summed E-state index contributed by atoms with van der Waals surface area (Å²) in [6, 6.07) is 5.47. The average Bonchev–Trinajstić information content (AvgIpc) is 2.48. The first-order valence-electron chi connectivity index (χ1n) is 7.32. The zero-order chi connectivity index (χ0) is 14.7. The van der Waals surface area contributed by atoms with Crippen LogP contribution in [0.2, 0.25) is 0 Å². The Morgan fingerprint density at radius 3 is 2.80 bits per heavy atom. The van der Waals surface area contributed by atoms with Crippen LogP contribution in [0.25, 0.3) is 0 Å². The molecule has 2 rings (SSSR count). The molecule has 0 saturated heterocycles. The number of hydrogen-bond donors (Lipinski definition) is 2. The lowest BCUT2D eigenvalue weighted by Gasteiger charge is -2.37. The molecule has 0 aromatic heterocycles. The summed E-state index contributed by atoms with van der Waals surface area (Å²) in [5, 5.41) is 10.1. The molecular formula is C16H24N2O2. The minimum atomic E-state index is -0.114. The van der Waals surface area contributed by atoms with Gasteiger partial charge < -0.3 is 15.7 Å². The molecule has 0 bridgehead atoms. The highest BCUT2D eigenvalue weighted by Gasteiger charge is 2.31. The van der Waals surface area contributed by atoms with E-state index in [1.54, 1.807) is 30.0 Å². The highest BCUT2D eigenvalue weighted by atomic mass is 16.3. The lowest BCUT2D eigenvalue weighted by Crippen LogP contribution is -2.45. The predicted molar refractivity (Wildman–Crippen MR) is 79.7 cm³/mol. The molecule has 2 atom stereocenters. The number of amides is 1. The van der Waals surface area contributed by atoms with E-state index in [0.717, 1.165) is 24.8 Å². The normalized spacial score (nSPS) is 22.6. The topological polar surface area (TPSA) is 66.6 Å². The summed E-state index contributed by atoms with van der Waals surface area (Å²) in [5.41, 5.74) is 6.95. The van der Waals surface area contributed by atoms with Gasteiger partial charge in [-0.05, 0) is 43.9 Å². The Labute approximate surface area is 120 Å². The van der Waals surface area contributed by atoms with E-state index in [2.05, 4.69) is 0 Å². The number of benzene rings is 1. The van der Waals surface area contributed by atoms with E-state index in [-0.39, 0.29) is 17.7 Å². The van der Waals surface area contributed by atoms with E-state index in [4.69, 9.17) is 5.73 Å². The van der Waals surface area contributed by atoms with Crippen molar-refractivity contribution in [3.63, 3.8) is 0 Å². The van der Waals surface area contributed by atoms with Crippen LogP contribution in [0.15, 0.2) is 18.2 Å². The first kappa shape index (κ1) is 14.9. The van der Waals surface area contributed by atoms with Gasteiger partial charge >= 0.3 is 0 Å². The zero-order valence-electron chi connectivity index (χ0n) is 12.3. The van der Waals surface area contributed by atoms with Crippen LogP contribution in [0.5, 0.6) is 5.75 Å². The van der Waals surface area contributed by atoms with Crippen molar-refractivity contribution in [3.05, 3.63) is 29.3 Å². The highest BCUT2D eigenvalue weighted by Crippen LogP contribution is 2.30. The van der Waals surface area contributed by atoms with Crippen molar-refractivity contribution in [2.24, 2.45) is 11.7 Å². The van der Waals surface area contributed by atoms with E-state index in [0.29, 0.717) is 18.0 Å². The summed E-state index contributed by atoms with van der Waals surface area (Å²) in [6.45, 7) is 2.41. The Hall–Kier alpha value is -1.55. The molecule has 3 N–H and O–H groups in total. The SMILES string of the molecule is Cc1cccc(C(=O)N(C)C2CCCCC2CN)c1O. The third kappa shape index (κ3) is 2.80. The minimum absolute atomic E-state index is 0.0875. The maximum absolute atomic E-state index is 12.6. The van der Waals surface area contributed by atoms with Crippen LogP contribution in [0.3, 0.4) is 0 Å². The number of para-hydroxylation sites is 1. The van der Waals surface area contributed by atoms with Gasteiger partial charge in [-0.25, -0.2) is 0 Å². The van der Waals surface area contributed by atoms with Crippen LogP contribution in [0.1, 0.15) is 41.6 Å². The molecule has 1 aromatic carbocycles. The Morgan fingerprint density at radius 1 is 1.40 bits per heavy atom. The lowest BCUT2D eigenvalue weighted by atomic mass is 9.83. The van der Waals surface area contributed by atoms with Gasteiger partial charge in [0, 0.05) is 13.1 Å². The van der Waals surface area contributed by atoms with Crippen molar-refractivity contribution in [2.75, 3.05) is 13.6 Å². The summed E-state index contributed by atoms with van der Waals surface area (Å²) in [4.78, 5) is 14.4. The van der Waals surface area contributed by atoms with Gasteiger partial charge in [-0.2, -0.15) is 0 Å². The van der Waals surface area contributed by atoms with Crippen molar-refractivity contribution in [3.8, 4) is 5.75 Å². The molecule has 4 nitrogen and oxygen atoms in total.